The van der Waals surface area contributed by atoms with Gasteiger partial charge in [0.05, 0.1) is 5.60 Å². The summed E-state index contributed by atoms with van der Waals surface area (Å²) in [7, 11) is 4.12. The van der Waals surface area contributed by atoms with Crippen molar-refractivity contribution >= 4 is 6.08 Å². The van der Waals surface area contributed by atoms with Crippen molar-refractivity contribution in [3.05, 3.63) is 76.4 Å². The van der Waals surface area contributed by atoms with E-state index in [4.69, 9.17) is 0 Å². The fourth-order valence-corrected chi connectivity index (χ4v) is 3.61. The van der Waals surface area contributed by atoms with Crippen LogP contribution in [0.4, 0.5) is 0 Å². The molecule has 0 saturated carbocycles. The lowest BCUT2D eigenvalue weighted by Crippen LogP contribution is -2.44. The first kappa shape index (κ1) is 20.4. The summed E-state index contributed by atoms with van der Waals surface area (Å²) in [6, 6.07) is 16.7. The maximum absolute atomic E-state index is 11.8. The van der Waals surface area contributed by atoms with Crippen LogP contribution < -0.4 is 0 Å². The number of nitrogens with zero attached hydrogens (tertiary/aromatic N) is 1. The Hall–Kier alpha value is -1.90. The molecule has 0 fully saturated rings. The van der Waals surface area contributed by atoms with Crippen LogP contribution in [0, 0.1) is 19.8 Å². The number of rotatable bonds is 7. The quantitative estimate of drug-likeness (QED) is 0.768. The van der Waals surface area contributed by atoms with Gasteiger partial charge in [0, 0.05) is 18.9 Å². The van der Waals surface area contributed by atoms with Crippen molar-refractivity contribution in [2.24, 2.45) is 5.92 Å². The third-order valence-electron chi connectivity index (χ3n) is 5.28. The Kier molecular flexibility index (Phi) is 6.80. The average Bonchev–Trinajstić information content (AvgIpc) is 2.58. The second-order valence-corrected chi connectivity index (χ2v) is 7.93. The molecule has 0 amide bonds. The highest BCUT2D eigenvalue weighted by Crippen LogP contribution is 2.33. The molecule has 2 nitrogen and oxygen atoms in total. The summed E-state index contributed by atoms with van der Waals surface area (Å²) in [5.41, 5.74) is 4.94. The number of hydrogen-bond donors (Lipinski definition) is 1. The fraction of sp³-hybridized carbons (Fsp3) is 0.417. The standard InChI is InChI=1S/C24H33NO/c1-18-12-13-19(2)23(14-18)16-24(26,21(4)17-25(5)6)20(3)15-22-10-8-7-9-11-22/h7-15,21,26H,16-17H2,1-6H3/b20-15+. The lowest BCUT2D eigenvalue weighted by Gasteiger charge is -2.37. The summed E-state index contributed by atoms with van der Waals surface area (Å²) >= 11 is 0. The topological polar surface area (TPSA) is 23.5 Å². The molecule has 2 heteroatoms. The molecule has 0 aromatic heterocycles. The van der Waals surface area contributed by atoms with E-state index in [-0.39, 0.29) is 5.92 Å². The molecular formula is C24H33NO. The molecule has 0 aliphatic carbocycles. The summed E-state index contributed by atoms with van der Waals surface area (Å²) in [5.74, 6) is 0.109. The van der Waals surface area contributed by atoms with Gasteiger partial charge < -0.3 is 10.0 Å². The van der Waals surface area contributed by atoms with Gasteiger partial charge in [-0.2, -0.15) is 0 Å². The lowest BCUT2D eigenvalue weighted by molar-refractivity contribution is 0.0148. The van der Waals surface area contributed by atoms with Gasteiger partial charge in [-0.3, -0.25) is 0 Å². The van der Waals surface area contributed by atoms with Crippen molar-refractivity contribution in [3.63, 3.8) is 0 Å². The van der Waals surface area contributed by atoms with Crippen LogP contribution in [-0.4, -0.2) is 36.2 Å². The summed E-state index contributed by atoms with van der Waals surface area (Å²) in [6.07, 6.45) is 2.75. The zero-order valence-electron chi connectivity index (χ0n) is 17.1. The van der Waals surface area contributed by atoms with E-state index in [0.29, 0.717) is 6.42 Å². The van der Waals surface area contributed by atoms with Gasteiger partial charge in [-0.05, 0) is 57.1 Å². The van der Waals surface area contributed by atoms with Crippen LogP contribution >= 0.6 is 0 Å². The molecule has 0 spiro atoms. The number of aliphatic hydroxyl groups is 1. The largest absolute Gasteiger partial charge is 0.385 e. The van der Waals surface area contributed by atoms with E-state index < -0.39 is 5.60 Å². The second-order valence-electron chi connectivity index (χ2n) is 7.93. The molecule has 0 aliphatic rings. The number of aryl methyl sites for hydroxylation is 2. The van der Waals surface area contributed by atoms with E-state index in [0.717, 1.165) is 17.7 Å². The number of benzene rings is 2. The maximum Gasteiger partial charge on any atom is 0.0935 e. The zero-order valence-corrected chi connectivity index (χ0v) is 17.1. The number of hydrogen-bond acceptors (Lipinski definition) is 2. The Bertz CT molecular complexity index is 748. The molecule has 2 aromatic rings. The summed E-state index contributed by atoms with van der Waals surface area (Å²) in [5, 5.41) is 11.8. The Labute approximate surface area is 159 Å². The van der Waals surface area contributed by atoms with Crippen LogP contribution in [0.2, 0.25) is 0 Å². The molecule has 2 atom stereocenters. The van der Waals surface area contributed by atoms with Crippen molar-refractivity contribution < 1.29 is 5.11 Å². The van der Waals surface area contributed by atoms with E-state index >= 15 is 0 Å². The molecule has 0 aliphatic heterocycles. The van der Waals surface area contributed by atoms with Crippen LogP contribution in [0.5, 0.6) is 0 Å². The molecule has 0 radical (unpaired) electrons. The molecule has 1 N–H and O–H groups in total. The van der Waals surface area contributed by atoms with Crippen molar-refractivity contribution in [2.75, 3.05) is 20.6 Å². The molecule has 0 heterocycles. The normalized spacial score (nSPS) is 15.8. The van der Waals surface area contributed by atoms with Crippen molar-refractivity contribution in [1.82, 2.24) is 4.90 Å². The minimum atomic E-state index is -0.890. The predicted octanol–water partition coefficient (Wildman–Crippen LogP) is 4.88. The van der Waals surface area contributed by atoms with E-state index in [1.54, 1.807) is 0 Å². The van der Waals surface area contributed by atoms with E-state index in [1.807, 2.05) is 18.2 Å². The van der Waals surface area contributed by atoms with E-state index in [9.17, 15) is 5.11 Å². The molecule has 2 rings (SSSR count). The molecule has 26 heavy (non-hydrogen) atoms. The van der Waals surface area contributed by atoms with E-state index in [1.165, 1.54) is 16.7 Å². The highest BCUT2D eigenvalue weighted by Gasteiger charge is 2.36. The highest BCUT2D eigenvalue weighted by molar-refractivity contribution is 5.55. The molecular weight excluding hydrogens is 318 g/mol. The molecule has 0 saturated heterocycles. The van der Waals surface area contributed by atoms with Crippen LogP contribution in [0.1, 0.15) is 36.1 Å². The smallest absolute Gasteiger partial charge is 0.0935 e. The van der Waals surface area contributed by atoms with Crippen LogP contribution in [0.3, 0.4) is 0 Å². The Balaban J connectivity index is 2.44. The van der Waals surface area contributed by atoms with E-state index in [2.05, 4.69) is 83.1 Å². The second kappa shape index (κ2) is 8.66. The first-order valence-electron chi connectivity index (χ1n) is 9.39. The average molecular weight is 352 g/mol. The Morgan fingerprint density at radius 3 is 2.38 bits per heavy atom. The van der Waals surface area contributed by atoms with Crippen LogP contribution in [0.15, 0.2) is 54.1 Å². The van der Waals surface area contributed by atoms with Gasteiger partial charge in [0.25, 0.3) is 0 Å². The van der Waals surface area contributed by atoms with Crippen molar-refractivity contribution in [2.45, 2.75) is 39.7 Å². The Morgan fingerprint density at radius 1 is 1.12 bits per heavy atom. The minimum absolute atomic E-state index is 0.109. The summed E-state index contributed by atoms with van der Waals surface area (Å²) in [4.78, 5) is 2.15. The monoisotopic (exact) mass is 351 g/mol. The molecule has 2 unspecified atom stereocenters. The van der Waals surface area contributed by atoms with Gasteiger partial charge in [-0.25, -0.2) is 0 Å². The van der Waals surface area contributed by atoms with Gasteiger partial charge in [0.2, 0.25) is 0 Å². The van der Waals surface area contributed by atoms with Gasteiger partial charge >= 0.3 is 0 Å². The minimum Gasteiger partial charge on any atom is -0.385 e. The zero-order chi connectivity index (χ0) is 19.3. The van der Waals surface area contributed by atoms with Gasteiger partial charge in [0.1, 0.15) is 0 Å². The third kappa shape index (κ3) is 5.06. The van der Waals surface area contributed by atoms with Crippen LogP contribution in [-0.2, 0) is 6.42 Å². The molecule has 2 aromatic carbocycles. The fourth-order valence-electron chi connectivity index (χ4n) is 3.61. The molecule has 0 bridgehead atoms. The predicted molar refractivity (Wildman–Crippen MR) is 112 cm³/mol. The highest BCUT2D eigenvalue weighted by atomic mass is 16.3. The lowest BCUT2D eigenvalue weighted by atomic mass is 9.76. The van der Waals surface area contributed by atoms with Gasteiger partial charge in [0.15, 0.2) is 0 Å². The third-order valence-corrected chi connectivity index (χ3v) is 5.28. The molecule has 140 valence electrons. The van der Waals surface area contributed by atoms with Crippen molar-refractivity contribution in [1.29, 1.82) is 0 Å². The van der Waals surface area contributed by atoms with Crippen molar-refractivity contribution in [3.8, 4) is 0 Å². The summed E-state index contributed by atoms with van der Waals surface area (Å²) < 4.78 is 0. The first-order valence-corrected chi connectivity index (χ1v) is 9.39. The first-order chi connectivity index (χ1) is 12.2. The van der Waals surface area contributed by atoms with Gasteiger partial charge in [-0.15, -0.1) is 0 Å². The van der Waals surface area contributed by atoms with Crippen LogP contribution in [0.25, 0.3) is 6.08 Å². The SMILES string of the molecule is C/C(=C\c1ccccc1)C(O)(Cc1cc(C)ccc1C)C(C)CN(C)C. The Morgan fingerprint density at radius 2 is 1.77 bits per heavy atom. The maximum atomic E-state index is 11.8. The summed E-state index contributed by atoms with van der Waals surface area (Å²) in [6.45, 7) is 9.28. The van der Waals surface area contributed by atoms with Gasteiger partial charge in [-0.1, -0.05) is 67.1 Å².